The molecule has 2 aromatic carbocycles. The van der Waals surface area contributed by atoms with E-state index < -0.39 is 9.51 Å². The summed E-state index contributed by atoms with van der Waals surface area (Å²) in [7, 11) is 0. The first-order valence-corrected chi connectivity index (χ1v) is 14.2. The smallest absolute Gasteiger partial charge is 0.336 e. The Labute approximate surface area is 252 Å². The Bertz CT molecular complexity index is 846. The number of carboxylic acids is 1. The van der Waals surface area contributed by atoms with Crippen molar-refractivity contribution in [3.8, 4) is 17.2 Å². The van der Waals surface area contributed by atoms with Crippen molar-refractivity contribution in [3.05, 3.63) is 44.1 Å². The van der Waals surface area contributed by atoms with Crippen molar-refractivity contribution >= 4 is 165 Å². The summed E-state index contributed by atoms with van der Waals surface area (Å²) in [5.41, 5.74) is 0.918. The molecule has 0 unspecified atom stereocenters. The van der Waals surface area contributed by atoms with Gasteiger partial charge in [0.05, 0.1) is 14.3 Å². The van der Waals surface area contributed by atoms with Gasteiger partial charge in [0.25, 0.3) is 0 Å². The summed E-state index contributed by atoms with van der Waals surface area (Å²) in [6.45, 7) is 0. The molecule has 0 saturated carbocycles. The van der Waals surface area contributed by atoms with Gasteiger partial charge in [-0.25, -0.2) is 4.79 Å². The van der Waals surface area contributed by atoms with Crippen LogP contribution in [0.15, 0.2) is 24.3 Å². The Balaban J connectivity index is 2.36. The molecule has 146 valence electrons. The normalized spacial score (nSPS) is 13.5. The monoisotopic (exact) mass is 1150 g/mol. The van der Waals surface area contributed by atoms with Crippen LogP contribution in [0.1, 0.15) is 5.56 Å². The molecule has 0 aliphatic heterocycles. The summed E-state index contributed by atoms with van der Waals surface area (Å²) in [6, 6.07) is 7.45. The fourth-order valence-electron chi connectivity index (χ4n) is 2.01. The highest BCUT2D eigenvalue weighted by Crippen LogP contribution is 2.39. The largest absolute Gasteiger partial charge is 0.506 e. The second kappa shape index (κ2) is 10.9. The second-order valence-electron chi connectivity index (χ2n) is 5.20. The molecule has 0 aliphatic carbocycles. The molecule has 0 bridgehead atoms. The second-order valence-corrected chi connectivity index (χ2v) is 15.4. The van der Waals surface area contributed by atoms with Gasteiger partial charge in [-0.1, -0.05) is 0 Å². The summed E-state index contributed by atoms with van der Waals surface area (Å²) >= 11 is 14.5. The highest BCUT2D eigenvalue weighted by Gasteiger charge is 2.40. The van der Waals surface area contributed by atoms with E-state index >= 15 is 0 Å². The average Bonchev–Trinajstić information content (AvgIpc) is 2.55. The number of alkyl halides is 1. The number of hydrogen-bond acceptors (Lipinski definition) is 4. The number of benzene rings is 2. The number of aliphatic carboxylic acids is 1. The fourth-order valence-corrected chi connectivity index (χ4v) is 7.03. The number of phenols is 1. The van der Waals surface area contributed by atoms with Gasteiger partial charge in [-0.15, -0.1) is 0 Å². The number of ether oxygens (including phenoxy) is 1. The Morgan fingerprint density at radius 1 is 1.00 bits per heavy atom. The van der Waals surface area contributed by atoms with Crippen LogP contribution in [0.4, 0.5) is 0 Å². The van der Waals surface area contributed by atoms with Crippen LogP contribution in [0.3, 0.4) is 0 Å². The molecular weight excluding hydrogens is 1150 g/mol. The third kappa shape index (κ3) is 6.54. The maximum atomic E-state index is 11.7. The summed E-state index contributed by atoms with van der Waals surface area (Å²) in [5.74, 6) is 0.722. The highest BCUT2D eigenvalue weighted by atomic mass is 127. The van der Waals surface area contributed by atoms with Crippen molar-refractivity contribution in [2.45, 2.75) is 9.97 Å². The van der Waals surface area contributed by atoms with Crippen LogP contribution in [0.2, 0.25) is 0 Å². The van der Waals surface area contributed by atoms with E-state index in [9.17, 15) is 15.0 Å². The minimum Gasteiger partial charge on any atom is -0.506 e. The molecule has 0 fully saturated rings. The van der Waals surface area contributed by atoms with E-state index in [1.54, 1.807) is 13.5 Å². The first-order valence-electron chi connectivity index (χ1n) is 6.83. The number of phenolic OH excluding ortho intramolecular Hbond substituents is 1. The van der Waals surface area contributed by atoms with Crippen molar-refractivity contribution in [2.24, 2.45) is 0 Å². The van der Waals surface area contributed by atoms with Crippen molar-refractivity contribution in [1.29, 1.82) is 0 Å². The molecule has 0 aliphatic rings. The summed E-state index contributed by atoms with van der Waals surface area (Å²) in [6.07, 6.45) is 0.357. The fraction of sp³-hybridized carbons (Fsp3) is 0.133. The van der Waals surface area contributed by atoms with Gasteiger partial charge in [0, 0.05) is 52.1 Å². The third-order valence-corrected chi connectivity index (χ3v) is 11.4. The molecule has 0 amide bonds. The van der Waals surface area contributed by atoms with Crippen LogP contribution in [0.25, 0.3) is 0 Å². The number of carboxylic acid groups (broad SMARTS) is 1. The van der Waals surface area contributed by atoms with E-state index in [1.807, 2.05) is 80.5 Å². The molecule has 0 spiro atoms. The van der Waals surface area contributed by atoms with Gasteiger partial charge in [0.1, 0.15) is 11.5 Å². The van der Waals surface area contributed by atoms with Crippen LogP contribution in [-0.4, -0.2) is 21.1 Å². The van der Waals surface area contributed by atoms with Crippen LogP contribution >= 0.6 is 159 Å². The van der Waals surface area contributed by atoms with E-state index in [-0.39, 0.29) is 5.75 Å². The molecule has 1 atom stereocenters. The minimum atomic E-state index is -1.05. The zero-order valence-electron chi connectivity index (χ0n) is 12.8. The molecule has 27 heavy (non-hydrogen) atoms. The lowest BCUT2D eigenvalue weighted by Crippen LogP contribution is -2.41. The zero-order chi connectivity index (χ0) is 20.5. The number of aromatic hydroxyl groups is 1. The molecule has 12 heteroatoms. The number of halogens is 7. The lowest BCUT2D eigenvalue weighted by molar-refractivity contribution is -0.140. The van der Waals surface area contributed by atoms with E-state index in [2.05, 4.69) is 90.4 Å². The predicted octanol–water partition coefficient (Wildman–Crippen LogP) is 7.36. The third-order valence-electron chi connectivity index (χ3n) is 3.30. The van der Waals surface area contributed by atoms with Crippen molar-refractivity contribution < 1.29 is 19.7 Å². The summed E-state index contributed by atoms with van der Waals surface area (Å²) in [5, 5.41) is 19.5. The van der Waals surface area contributed by atoms with Crippen molar-refractivity contribution in [2.75, 3.05) is 0 Å². The topological polar surface area (TPSA) is 70.0 Å². The Morgan fingerprint density at radius 3 is 1.89 bits per heavy atom. The maximum absolute atomic E-state index is 11.7. The molecular formula is C15H8I7NO4. The Morgan fingerprint density at radius 2 is 1.48 bits per heavy atom. The van der Waals surface area contributed by atoms with Crippen LogP contribution in [-0.2, 0) is 11.2 Å². The molecule has 0 radical (unpaired) electrons. The van der Waals surface area contributed by atoms with Gasteiger partial charge in [-0.05, 0) is 143 Å². The minimum absolute atomic E-state index is 0.248. The first kappa shape index (κ1) is 25.8. The standard InChI is InChI=1S/C15H8I7NO4/c16-8-3-7(4-9(17)12(8)24)27-13-10(18)1-6(2-11(13)19)5-15(20,14(25)26)23(21)22/h1-4,24H,5H2,(H,25,26)/t15-/m0/s1. The quantitative estimate of drug-likeness (QED) is 0.137. The molecule has 2 rings (SSSR count). The van der Waals surface area contributed by atoms with E-state index in [0.29, 0.717) is 17.9 Å². The zero-order valence-corrected chi connectivity index (χ0v) is 27.9. The van der Waals surface area contributed by atoms with E-state index in [1.165, 1.54) is 0 Å². The highest BCUT2D eigenvalue weighted by molar-refractivity contribution is 14.2. The average molecular weight is 1150 g/mol. The van der Waals surface area contributed by atoms with E-state index in [0.717, 1.165) is 19.8 Å². The van der Waals surface area contributed by atoms with Gasteiger partial charge in [-0.3, -0.25) is 0 Å². The molecule has 2 aromatic rings. The number of rotatable bonds is 6. The lowest BCUT2D eigenvalue weighted by Gasteiger charge is -2.27. The SMILES string of the molecule is O=C(O)[C@](I)(Cc1cc(I)c(Oc2cc(I)c(O)c(I)c2)c(I)c1)N(I)I. The Kier molecular flexibility index (Phi) is 10.5. The van der Waals surface area contributed by atoms with Crippen LogP contribution < -0.4 is 4.74 Å². The first-order chi connectivity index (χ1) is 12.5. The maximum Gasteiger partial charge on any atom is 0.336 e. The van der Waals surface area contributed by atoms with E-state index in [4.69, 9.17) is 4.74 Å². The summed E-state index contributed by atoms with van der Waals surface area (Å²) < 4.78 is 9.90. The van der Waals surface area contributed by atoms with Gasteiger partial charge < -0.3 is 14.9 Å². The predicted molar refractivity (Wildman–Crippen MR) is 163 cm³/mol. The van der Waals surface area contributed by atoms with Crippen LogP contribution in [0.5, 0.6) is 17.2 Å². The van der Waals surface area contributed by atoms with Crippen molar-refractivity contribution in [3.63, 3.8) is 0 Å². The van der Waals surface area contributed by atoms with Crippen LogP contribution in [0, 0.1) is 14.3 Å². The van der Waals surface area contributed by atoms with Gasteiger partial charge in [0.15, 0.2) is 9.30 Å². The molecule has 2 N–H and O–H groups in total. The van der Waals surface area contributed by atoms with Crippen molar-refractivity contribution in [1.82, 2.24) is 1.33 Å². The molecule has 0 saturated heterocycles. The number of nitrogens with zero attached hydrogens (tertiary/aromatic N) is 1. The van der Waals surface area contributed by atoms with Gasteiger partial charge in [0.2, 0.25) is 0 Å². The molecule has 0 aromatic heterocycles. The molecule has 5 nitrogen and oxygen atoms in total. The summed E-state index contributed by atoms with van der Waals surface area (Å²) in [4.78, 5) is 11.7. The lowest BCUT2D eigenvalue weighted by atomic mass is 10.1. The molecule has 0 heterocycles. The number of carbonyl (C=O) groups is 1. The van der Waals surface area contributed by atoms with Gasteiger partial charge >= 0.3 is 5.97 Å². The Hall–Kier alpha value is 2.58. The van der Waals surface area contributed by atoms with Gasteiger partial charge in [-0.2, -0.15) is 1.33 Å². The number of hydrogen-bond donors (Lipinski definition) is 2.